The van der Waals surface area contributed by atoms with Crippen LogP contribution < -0.4 is 0 Å². The van der Waals surface area contributed by atoms with Crippen molar-refractivity contribution in [3.63, 3.8) is 0 Å². The van der Waals surface area contributed by atoms with Gasteiger partial charge in [-0.05, 0) is 19.3 Å². The molecule has 0 aliphatic carbocycles. The lowest BCUT2D eigenvalue weighted by Crippen LogP contribution is -2.14. The van der Waals surface area contributed by atoms with Crippen molar-refractivity contribution in [2.24, 2.45) is 0 Å². The summed E-state index contributed by atoms with van der Waals surface area (Å²) in [5, 5.41) is 0. The number of hydrogen-bond donors (Lipinski definition) is 0. The van der Waals surface area contributed by atoms with Gasteiger partial charge in [0, 0.05) is 20.3 Å². The number of rotatable bonds is 17. The second kappa shape index (κ2) is 17.9. The quantitative estimate of drug-likeness (QED) is 0.355. The van der Waals surface area contributed by atoms with Gasteiger partial charge in [-0.15, -0.1) is 0 Å². The van der Waals surface area contributed by atoms with Crippen molar-refractivity contribution < 1.29 is 14.2 Å². The Kier molecular flexibility index (Phi) is 17.8. The van der Waals surface area contributed by atoms with Gasteiger partial charge in [0.1, 0.15) is 0 Å². The number of ether oxygens (including phenoxy) is 3. The van der Waals surface area contributed by atoms with E-state index in [0.29, 0.717) is 19.3 Å². The normalized spacial score (nSPS) is 12.7. The molecule has 128 valence electrons. The average molecular weight is 302 g/mol. The maximum atomic E-state index is 5.93. The van der Waals surface area contributed by atoms with Crippen LogP contribution in [0.3, 0.4) is 0 Å². The zero-order valence-corrected chi connectivity index (χ0v) is 14.7. The molecule has 0 aliphatic rings. The van der Waals surface area contributed by atoms with Crippen molar-refractivity contribution in [3.8, 4) is 0 Å². The Bertz CT molecular complexity index is 167. The Balaban J connectivity index is 3.29. The van der Waals surface area contributed by atoms with Gasteiger partial charge in [0.15, 0.2) is 0 Å². The largest absolute Gasteiger partial charge is 0.382 e. The summed E-state index contributed by atoms with van der Waals surface area (Å²) in [6.45, 7) is 7.45. The molecule has 1 atom stereocenters. The molecule has 0 aromatic rings. The van der Waals surface area contributed by atoms with Crippen molar-refractivity contribution in [1.29, 1.82) is 0 Å². The lowest BCUT2D eigenvalue weighted by atomic mass is 10.1. The first-order valence-corrected chi connectivity index (χ1v) is 9.03. The third kappa shape index (κ3) is 16.1. The molecular weight excluding hydrogens is 264 g/mol. The Labute approximate surface area is 132 Å². The van der Waals surface area contributed by atoms with Gasteiger partial charge in [-0.1, -0.05) is 58.8 Å². The van der Waals surface area contributed by atoms with E-state index in [0.717, 1.165) is 26.1 Å². The van der Waals surface area contributed by atoms with Crippen LogP contribution in [0.25, 0.3) is 0 Å². The van der Waals surface area contributed by atoms with Crippen molar-refractivity contribution in [1.82, 2.24) is 0 Å². The summed E-state index contributed by atoms with van der Waals surface area (Å²) in [5.41, 5.74) is 0. The van der Waals surface area contributed by atoms with E-state index in [1.807, 2.05) is 0 Å². The summed E-state index contributed by atoms with van der Waals surface area (Å²) in [7, 11) is 1.70. The monoisotopic (exact) mass is 302 g/mol. The van der Waals surface area contributed by atoms with Gasteiger partial charge in [-0.2, -0.15) is 0 Å². The summed E-state index contributed by atoms with van der Waals surface area (Å²) in [6.07, 6.45) is 13.4. The predicted molar refractivity (Wildman–Crippen MR) is 90.0 cm³/mol. The van der Waals surface area contributed by atoms with Crippen LogP contribution in [0, 0.1) is 0 Å². The van der Waals surface area contributed by atoms with Crippen LogP contribution in [0.15, 0.2) is 0 Å². The molecule has 0 fully saturated rings. The Morgan fingerprint density at radius 2 is 1.43 bits per heavy atom. The first-order chi connectivity index (χ1) is 10.3. The van der Waals surface area contributed by atoms with Crippen LogP contribution in [-0.4, -0.2) is 39.6 Å². The van der Waals surface area contributed by atoms with Gasteiger partial charge in [-0.3, -0.25) is 0 Å². The van der Waals surface area contributed by atoms with Crippen molar-refractivity contribution in [2.75, 3.05) is 33.5 Å². The lowest BCUT2D eigenvalue weighted by Gasteiger charge is -2.16. The van der Waals surface area contributed by atoms with Crippen LogP contribution in [-0.2, 0) is 14.2 Å². The van der Waals surface area contributed by atoms with Gasteiger partial charge < -0.3 is 14.2 Å². The van der Waals surface area contributed by atoms with Crippen molar-refractivity contribution in [3.05, 3.63) is 0 Å². The maximum absolute atomic E-state index is 5.93. The number of methoxy groups -OCH3 is 1. The van der Waals surface area contributed by atoms with Gasteiger partial charge in [-0.25, -0.2) is 0 Å². The molecule has 0 saturated carbocycles. The molecule has 1 unspecified atom stereocenters. The fraction of sp³-hybridized carbons (Fsp3) is 1.00. The molecule has 0 N–H and O–H groups in total. The topological polar surface area (TPSA) is 27.7 Å². The molecule has 0 amide bonds. The van der Waals surface area contributed by atoms with E-state index in [1.54, 1.807) is 7.11 Å². The van der Waals surface area contributed by atoms with E-state index in [1.165, 1.54) is 51.4 Å². The molecule has 0 rings (SSSR count). The molecule has 3 nitrogen and oxygen atoms in total. The van der Waals surface area contributed by atoms with E-state index in [9.17, 15) is 0 Å². The zero-order chi connectivity index (χ0) is 15.6. The molecule has 0 heterocycles. The minimum Gasteiger partial charge on any atom is -0.382 e. The number of hydrogen-bond acceptors (Lipinski definition) is 3. The maximum Gasteiger partial charge on any atom is 0.0700 e. The highest BCUT2D eigenvalue weighted by Crippen LogP contribution is 2.13. The predicted octanol–water partition coefficient (Wildman–Crippen LogP) is 4.98. The van der Waals surface area contributed by atoms with E-state index in [4.69, 9.17) is 14.2 Å². The zero-order valence-electron chi connectivity index (χ0n) is 14.7. The van der Waals surface area contributed by atoms with Crippen LogP contribution in [0.2, 0.25) is 0 Å². The van der Waals surface area contributed by atoms with Crippen LogP contribution in [0.5, 0.6) is 0 Å². The molecular formula is C18H38O3. The summed E-state index contributed by atoms with van der Waals surface area (Å²) < 4.78 is 16.3. The smallest absolute Gasteiger partial charge is 0.0700 e. The molecule has 0 aliphatic heterocycles. The first kappa shape index (κ1) is 20.9. The van der Waals surface area contributed by atoms with Gasteiger partial charge in [0.2, 0.25) is 0 Å². The van der Waals surface area contributed by atoms with Gasteiger partial charge in [0.25, 0.3) is 0 Å². The van der Waals surface area contributed by atoms with Crippen LogP contribution >= 0.6 is 0 Å². The highest BCUT2D eigenvalue weighted by molar-refractivity contribution is 4.57. The van der Waals surface area contributed by atoms with Crippen LogP contribution in [0.1, 0.15) is 78.1 Å². The standard InChI is InChI=1S/C18H38O3/c1-4-6-7-8-9-10-11-13-18(5-2)21-15-12-14-20-17-16-19-3/h18H,4-17H2,1-3H3. The highest BCUT2D eigenvalue weighted by Gasteiger charge is 2.05. The van der Waals surface area contributed by atoms with E-state index < -0.39 is 0 Å². The third-order valence-electron chi connectivity index (χ3n) is 3.80. The molecule has 0 spiro atoms. The van der Waals surface area contributed by atoms with E-state index in [-0.39, 0.29) is 0 Å². The third-order valence-corrected chi connectivity index (χ3v) is 3.80. The van der Waals surface area contributed by atoms with Crippen LogP contribution in [0.4, 0.5) is 0 Å². The second-order valence-electron chi connectivity index (χ2n) is 5.77. The lowest BCUT2D eigenvalue weighted by molar-refractivity contribution is 0.0178. The first-order valence-electron chi connectivity index (χ1n) is 9.03. The van der Waals surface area contributed by atoms with E-state index >= 15 is 0 Å². The number of unbranched alkanes of at least 4 members (excludes halogenated alkanes) is 6. The Hall–Kier alpha value is -0.120. The summed E-state index contributed by atoms with van der Waals surface area (Å²) >= 11 is 0. The SMILES string of the molecule is CCCCCCCCCC(CC)OCCCOCCOC. The fourth-order valence-corrected chi connectivity index (χ4v) is 2.39. The summed E-state index contributed by atoms with van der Waals surface area (Å²) in [6, 6.07) is 0. The summed E-state index contributed by atoms with van der Waals surface area (Å²) in [4.78, 5) is 0. The fourth-order valence-electron chi connectivity index (χ4n) is 2.39. The van der Waals surface area contributed by atoms with Gasteiger partial charge >= 0.3 is 0 Å². The van der Waals surface area contributed by atoms with Gasteiger partial charge in [0.05, 0.1) is 19.3 Å². The second-order valence-corrected chi connectivity index (χ2v) is 5.77. The van der Waals surface area contributed by atoms with Crippen molar-refractivity contribution in [2.45, 2.75) is 84.2 Å². The Morgan fingerprint density at radius 1 is 0.714 bits per heavy atom. The van der Waals surface area contributed by atoms with E-state index in [2.05, 4.69) is 13.8 Å². The summed E-state index contributed by atoms with van der Waals surface area (Å²) in [5.74, 6) is 0. The minimum absolute atomic E-state index is 0.444. The molecule has 0 bridgehead atoms. The minimum atomic E-state index is 0.444. The molecule has 0 radical (unpaired) electrons. The average Bonchev–Trinajstić information content (AvgIpc) is 2.51. The molecule has 21 heavy (non-hydrogen) atoms. The molecule has 0 aromatic carbocycles. The molecule has 0 aromatic heterocycles. The van der Waals surface area contributed by atoms with Crippen molar-refractivity contribution >= 4 is 0 Å². The highest BCUT2D eigenvalue weighted by atomic mass is 16.5. The molecule has 0 saturated heterocycles. The molecule has 3 heteroatoms. The Morgan fingerprint density at radius 3 is 2.10 bits per heavy atom.